The second-order valence-electron chi connectivity index (χ2n) is 6.43. The monoisotopic (exact) mass is 362 g/mol. The summed E-state index contributed by atoms with van der Waals surface area (Å²) in [4.78, 5) is 21.0. The molecular formula is C17H18N2O3S2. The van der Waals surface area contributed by atoms with Crippen LogP contribution in [0.15, 0.2) is 23.2 Å². The highest BCUT2D eigenvalue weighted by molar-refractivity contribution is 8.16. The Morgan fingerprint density at radius 2 is 1.96 bits per heavy atom. The Hall–Kier alpha value is -1.60. The van der Waals surface area contributed by atoms with Gasteiger partial charge in [-0.25, -0.2) is 9.78 Å². The molecule has 1 spiro atoms. The Labute approximate surface area is 147 Å². The minimum atomic E-state index is -0.835. The number of phenolic OH excluding ortho intramolecular Hbond substituents is 1. The molecule has 2 N–H and O–H groups in total. The number of nitrogens with zero attached hydrogens (tertiary/aromatic N) is 2. The predicted octanol–water partition coefficient (Wildman–Crippen LogP) is 4.04. The van der Waals surface area contributed by atoms with E-state index in [1.54, 1.807) is 30.0 Å². The number of aliphatic carboxylic acids is 1. The van der Waals surface area contributed by atoms with E-state index in [4.69, 9.17) is 0 Å². The number of hydrogen-bond donors (Lipinski definition) is 2. The molecule has 0 bridgehead atoms. The van der Waals surface area contributed by atoms with Crippen LogP contribution >= 0.6 is 23.1 Å². The molecule has 1 unspecified atom stereocenters. The summed E-state index contributed by atoms with van der Waals surface area (Å²) >= 11 is 3.07. The summed E-state index contributed by atoms with van der Waals surface area (Å²) in [5.74, 6) is -0.625. The maximum Gasteiger partial charge on any atom is 0.329 e. The third kappa shape index (κ3) is 2.69. The number of aromatic hydroxyl groups is 1. The highest BCUT2D eigenvalue weighted by Gasteiger charge is 2.49. The van der Waals surface area contributed by atoms with Gasteiger partial charge in [0.1, 0.15) is 15.8 Å². The van der Waals surface area contributed by atoms with Crippen LogP contribution in [0, 0.1) is 0 Å². The number of hydrogen-bond acceptors (Lipinski definition) is 6. The number of aromatic nitrogens is 1. The standard InChI is InChI=1S/C17H18N2O3S2/c20-10-5-6-11-12(9-10)23-14(18-11)15-19-13(16(21)22)17(24-15)7-3-1-2-4-8-17/h5-6,9,13,20H,1-4,7-8H2,(H,21,22). The van der Waals surface area contributed by atoms with Gasteiger partial charge in [-0.2, -0.15) is 0 Å². The first-order valence-corrected chi connectivity index (χ1v) is 9.80. The zero-order valence-corrected chi connectivity index (χ0v) is 14.7. The van der Waals surface area contributed by atoms with Gasteiger partial charge < -0.3 is 10.2 Å². The molecule has 0 radical (unpaired) electrons. The van der Waals surface area contributed by atoms with E-state index in [9.17, 15) is 15.0 Å². The number of thioether (sulfide) groups is 1. The maximum atomic E-state index is 11.8. The largest absolute Gasteiger partial charge is 0.508 e. The van der Waals surface area contributed by atoms with Crippen molar-refractivity contribution >= 4 is 44.3 Å². The van der Waals surface area contributed by atoms with Gasteiger partial charge in [0.15, 0.2) is 6.04 Å². The number of thiazole rings is 1. The summed E-state index contributed by atoms with van der Waals surface area (Å²) in [6, 6.07) is 4.40. The molecule has 2 aromatic rings. The van der Waals surface area contributed by atoms with Crippen LogP contribution in [0.4, 0.5) is 0 Å². The van der Waals surface area contributed by atoms with Crippen molar-refractivity contribution in [1.82, 2.24) is 4.98 Å². The molecule has 2 heterocycles. The Morgan fingerprint density at radius 3 is 2.67 bits per heavy atom. The third-order valence-electron chi connectivity index (χ3n) is 4.78. The lowest BCUT2D eigenvalue weighted by molar-refractivity contribution is -0.139. The number of benzene rings is 1. The summed E-state index contributed by atoms with van der Waals surface area (Å²) in [6.45, 7) is 0. The lowest BCUT2D eigenvalue weighted by Crippen LogP contribution is -2.40. The van der Waals surface area contributed by atoms with Gasteiger partial charge in [-0.3, -0.25) is 4.99 Å². The van der Waals surface area contributed by atoms with E-state index in [2.05, 4.69) is 9.98 Å². The van der Waals surface area contributed by atoms with E-state index in [-0.39, 0.29) is 10.5 Å². The first-order chi connectivity index (χ1) is 11.6. The number of fused-ring (bicyclic) bond motifs is 1. The fourth-order valence-corrected chi connectivity index (χ4v) is 6.17. The molecule has 1 aromatic heterocycles. The molecule has 1 fully saturated rings. The summed E-state index contributed by atoms with van der Waals surface area (Å²) in [5, 5.41) is 20.8. The highest BCUT2D eigenvalue weighted by Crippen LogP contribution is 2.49. The molecule has 5 nitrogen and oxygen atoms in total. The number of aliphatic imine (C=N–C) groups is 1. The van der Waals surface area contributed by atoms with Gasteiger partial charge >= 0.3 is 5.97 Å². The molecule has 1 aliphatic carbocycles. The first kappa shape index (κ1) is 15.9. The van der Waals surface area contributed by atoms with E-state index in [1.165, 1.54) is 24.2 Å². The SMILES string of the molecule is O=C(O)C1N=C(c2nc3ccc(O)cc3s2)SC12CCCCCC2. The summed E-state index contributed by atoms with van der Waals surface area (Å²) in [5.41, 5.74) is 0.810. The van der Waals surface area contributed by atoms with Crippen LogP contribution in [0.25, 0.3) is 10.2 Å². The van der Waals surface area contributed by atoms with Crippen LogP contribution in [-0.4, -0.2) is 37.0 Å². The Bertz CT molecular complexity index is 822. The van der Waals surface area contributed by atoms with Crippen molar-refractivity contribution in [2.24, 2.45) is 4.99 Å². The molecule has 126 valence electrons. The molecule has 1 aliphatic heterocycles. The van der Waals surface area contributed by atoms with E-state index in [1.807, 2.05) is 0 Å². The fraction of sp³-hybridized carbons (Fsp3) is 0.471. The predicted molar refractivity (Wildman–Crippen MR) is 97.3 cm³/mol. The average Bonchev–Trinajstić information content (AvgIpc) is 3.03. The van der Waals surface area contributed by atoms with E-state index in [0.29, 0.717) is 0 Å². The van der Waals surface area contributed by atoms with Crippen molar-refractivity contribution in [2.45, 2.75) is 49.3 Å². The summed E-state index contributed by atoms with van der Waals surface area (Å²) < 4.78 is 0.569. The quantitative estimate of drug-likeness (QED) is 0.842. The van der Waals surface area contributed by atoms with Gasteiger partial charge in [0.25, 0.3) is 0 Å². The summed E-state index contributed by atoms with van der Waals surface area (Å²) in [7, 11) is 0. The van der Waals surface area contributed by atoms with Crippen molar-refractivity contribution in [3.05, 3.63) is 23.2 Å². The van der Waals surface area contributed by atoms with Crippen molar-refractivity contribution < 1.29 is 15.0 Å². The Morgan fingerprint density at radius 1 is 1.21 bits per heavy atom. The molecule has 0 saturated heterocycles. The highest BCUT2D eigenvalue weighted by atomic mass is 32.2. The minimum Gasteiger partial charge on any atom is -0.508 e. The molecule has 1 atom stereocenters. The molecule has 0 amide bonds. The second kappa shape index (κ2) is 6.04. The molecule has 7 heteroatoms. The van der Waals surface area contributed by atoms with Gasteiger partial charge in [0, 0.05) is 0 Å². The van der Waals surface area contributed by atoms with Crippen molar-refractivity contribution in [3.63, 3.8) is 0 Å². The van der Waals surface area contributed by atoms with Gasteiger partial charge in [0.05, 0.1) is 15.0 Å². The van der Waals surface area contributed by atoms with Crippen molar-refractivity contribution in [3.8, 4) is 5.75 Å². The van der Waals surface area contributed by atoms with Crippen LogP contribution in [0.3, 0.4) is 0 Å². The van der Waals surface area contributed by atoms with Gasteiger partial charge in [-0.15, -0.1) is 11.3 Å². The van der Waals surface area contributed by atoms with Crippen molar-refractivity contribution in [2.75, 3.05) is 0 Å². The van der Waals surface area contributed by atoms with Crippen LogP contribution in [0.5, 0.6) is 5.75 Å². The third-order valence-corrected chi connectivity index (χ3v) is 7.47. The van der Waals surface area contributed by atoms with Gasteiger partial charge in [-0.05, 0) is 31.0 Å². The smallest absolute Gasteiger partial charge is 0.329 e. The number of carbonyl (C=O) groups is 1. The van der Waals surface area contributed by atoms with Crippen LogP contribution < -0.4 is 0 Å². The van der Waals surface area contributed by atoms with E-state index < -0.39 is 12.0 Å². The van der Waals surface area contributed by atoms with E-state index in [0.717, 1.165) is 46.0 Å². The molecule has 24 heavy (non-hydrogen) atoms. The van der Waals surface area contributed by atoms with Gasteiger partial charge in [0.2, 0.25) is 0 Å². The number of carboxylic acids is 1. The Kier molecular flexibility index (Phi) is 4.00. The lowest BCUT2D eigenvalue weighted by Gasteiger charge is -2.29. The molecular weight excluding hydrogens is 344 g/mol. The zero-order valence-electron chi connectivity index (χ0n) is 13.1. The van der Waals surface area contributed by atoms with Crippen molar-refractivity contribution in [1.29, 1.82) is 0 Å². The number of carboxylic acid groups (broad SMARTS) is 1. The van der Waals surface area contributed by atoms with Crippen LogP contribution in [0.2, 0.25) is 0 Å². The fourth-order valence-electron chi connectivity index (χ4n) is 3.60. The normalized spacial score (nSPS) is 23.3. The maximum absolute atomic E-state index is 11.8. The molecule has 1 aromatic carbocycles. The topological polar surface area (TPSA) is 82.8 Å². The number of phenols is 1. The first-order valence-electron chi connectivity index (χ1n) is 8.17. The molecule has 4 rings (SSSR count). The Balaban J connectivity index is 1.72. The number of rotatable bonds is 2. The lowest BCUT2D eigenvalue weighted by atomic mass is 9.91. The summed E-state index contributed by atoms with van der Waals surface area (Å²) in [6.07, 6.45) is 6.26. The average molecular weight is 362 g/mol. The van der Waals surface area contributed by atoms with Gasteiger partial charge in [-0.1, -0.05) is 37.4 Å². The molecule has 1 saturated carbocycles. The minimum absolute atomic E-state index is 0.211. The molecule has 2 aliphatic rings. The van der Waals surface area contributed by atoms with Crippen LogP contribution in [-0.2, 0) is 4.79 Å². The van der Waals surface area contributed by atoms with E-state index >= 15 is 0 Å². The second-order valence-corrected chi connectivity index (χ2v) is 8.86. The zero-order chi connectivity index (χ0) is 16.7. The van der Waals surface area contributed by atoms with Crippen LogP contribution in [0.1, 0.15) is 43.5 Å².